The summed E-state index contributed by atoms with van der Waals surface area (Å²) in [5.74, 6) is 0.0814. The lowest BCUT2D eigenvalue weighted by Crippen LogP contribution is -2.41. The Morgan fingerprint density at radius 2 is 1.96 bits per heavy atom. The smallest absolute Gasteiger partial charge is 0.326 e. The van der Waals surface area contributed by atoms with Crippen LogP contribution >= 0.6 is 0 Å². The van der Waals surface area contributed by atoms with Gasteiger partial charge in [-0.05, 0) is 38.0 Å². The van der Waals surface area contributed by atoms with Gasteiger partial charge in [-0.2, -0.15) is 0 Å². The topological polar surface area (TPSA) is 102 Å². The molecule has 0 aliphatic rings. The number of carbonyl (C=O) groups excluding carboxylic acids is 1. The lowest BCUT2D eigenvalue weighted by atomic mass is 10.1. The minimum Gasteiger partial charge on any atom is -0.489 e. The summed E-state index contributed by atoms with van der Waals surface area (Å²) < 4.78 is 10.8. The Bertz CT molecular complexity index is 732. The molecule has 1 amide bonds. The number of aryl methyl sites for hydroxylation is 2. The number of amides is 1. The van der Waals surface area contributed by atoms with E-state index in [4.69, 9.17) is 14.4 Å². The predicted molar refractivity (Wildman–Crippen MR) is 94.9 cm³/mol. The van der Waals surface area contributed by atoms with Gasteiger partial charge in [0.1, 0.15) is 24.2 Å². The van der Waals surface area contributed by atoms with Gasteiger partial charge >= 0.3 is 5.97 Å². The number of aromatic nitrogens is 1. The molecule has 26 heavy (non-hydrogen) atoms. The minimum atomic E-state index is -1.01. The number of nitrogens with one attached hydrogen (secondary N) is 1. The largest absolute Gasteiger partial charge is 0.489 e. The highest BCUT2D eigenvalue weighted by atomic mass is 16.5. The van der Waals surface area contributed by atoms with Gasteiger partial charge in [0.15, 0.2) is 0 Å². The van der Waals surface area contributed by atoms with Crippen LogP contribution < -0.4 is 10.1 Å². The van der Waals surface area contributed by atoms with Crippen molar-refractivity contribution < 1.29 is 24.0 Å². The summed E-state index contributed by atoms with van der Waals surface area (Å²) in [4.78, 5) is 23.1. The molecule has 2 aromatic rings. The molecule has 1 aromatic carbocycles. The molecule has 7 heteroatoms. The minimum absolute atomic E-state index is 0.123. The molecule has 0 aliphatic heterocycles. The van der Waals surface area contributed by atoms with E-state index in [0.29, 0.717) is 25.2 Å². The zero-order valence-electron chi connectivity index (χ0n) is 15.2. The van der Waals surface area contributed by atoms with Gasteiger partial charge < -0.3 is 19.7 Å². The van der Waals surface area contributed by atoms with Crippen molar-refractivity contribution in [2.24, 2.45) is 0 Å². The van der Waals surface area contributed by atoms with Crippen LogP contribution in [0.1, 0.15) is 42.3 Å². The molecule has 1 atom stereocenters. The van der Waals surface area contributed by atoms with Crippen LogP contribution in [0.2, 0.25) is 0 Å². The number of aliphatic carboxylic acids is 1. The second kappa shape index (κ2) is 9.03. The van der Waals surface area contributed by atoms with Gasteiger partial charge in [-0.15, -0.1) is 0 Å². The van der Waals surface area contributed by atoms with Gasteiger partial charge in [0.05, 0.1) is 17.7 Å². The Labute approximate surface area is 152 Å². The number of benzene rings is 1. The van der Waals surface area contributed by atoms with E-state index in [2.05, 4.69) is 10.5 Å². The molecule has 2 rings (SSSR count). The van der Waals surface area contributed by atoms with Crippen molar-refractivity contribution in [2.45, 2.75) is 52.7 Å². The Kier molecular flexibility index (Phi) is 6.77. The third-order valence-electron chi connectivity index (χ3n) is 4.06. The SMILES string of the molecule is CCCC(NC(=O)Cc1ccc(OCc2c(C)noc2C)cc1)C(=O)O. The third-order valence-corrected chi connectivity index (χ3v) is 4.06. The normalized spacial score (nSPS) is 11.8. The molecule has 1 unspecified atom stereocenters. The van der Waals surface area contributed by atoms with Crippen molar-refractivity contribution in [3.8, 4) is 5.75 Å². The first-order valence-corrected chi connectivity index (χ1v) is 8.56. The number of carboxylic acids is 1. The maximum atomic E-state index is 12.0. The van der Waals surface area contributed by atoms with Crippen LogP contribution in [-0.2, 0) is 22.6 Å². The van der Waals surface area contributed by atoms with E-state index in [1.54, 1.807) is 24.3 Å². The number of hydrogen-bond acceptors (Lipinski definition) is 5. The average Bonchev–Trinajstić information content (AvgIpc) is 2.92. The van der Waals surface area contributed by atoms with Crippen LogP contribution in [0.25, 0.3) is 0 Å². The summed E-state index contributed by atoms with van der Waals surface area (Å²) in [6, 6.07) is 6.30. The number of nitrogens with zero attached hydrogens (tertiary/aromatic N) is 1. The molecule has 0 aliphatic carbocycles. The van der Waals surface area contributed by atoms with Crippen molar-refractivity contribution in [3.05, 3.63) is 46.8 Å². The van der Waals surface area contributed by atoms with Crippen LogP contribution in [0.3, 0.4) is 0 Å². The van der Waals surface area contributed by atoms with Gasteiger partial charge in [0.25, 0.3) is 0 Å². The van der Waals surface area contributed by atoms with E-state index < -0.39 is 12.0 Å². The second-order valence-electron chi connectivity index (χ2n) is 6.16. The van der Waals surface area contributed by atoms with Crippen LogP contribution in [0.5, 0.6) is 5.75 Å². The van der Waals surface area contributed by atoms with Gasteiger partial charge in [-0.1, -0.05) is 30.6 Å². The second-order valence-corrected chi connectivity index (χ2v) is 6.16. The Hall–Kier alpha value is -2.83. The molecular weight excluding hydrogens is 336 g/mol. The van der Waals surface area contributed by atoms with E-state index in [0.717, 1.165) is 22.6 Å². The van der Waals surface area contributed by atoms with Crippen molar-refractivity contribution in [1.29, 1.82) is 0 Å². The molecule has 0 fully saturated rings. The van der Waals surface area contributed by atoms with Crippen LogP contribution in [0, 0.1) is 13.8 Å². The standard InChI is InChI=1S/C19H24N2O5/c1-4-5-17(19(23)24)20-18(22)10-14-6-8-15(9-7-14)25-11-16-12(2)21-26-13(16)3/h6-9,17H,4-5,10-11H2,1-3H3,(H,20,22)(H,23,24). The van der Waals surface area contributed by atoms with Gasteiger partial charge in [-0.25, -0.2) is 4.79 Å². The molecule has 0 bridgehead atoms. The Morgan fingerprint density at radius 3 is 2.50 bits per heavy atom. The van der Waals surface area contributed by atoms with Crippen LogP contribution in [-0.4, -0.2) is 28.2 Å². The number of ether oxygens (including phenoxy) is 1. The fourth-order valence-corrected chi connectivity index (χ4v) is 2.54. The Morgan fingerprint density at radius 1 is 1.27 bits per heavy atom. The van der Waals surface area contributed by atoms with E-state index in [-0.39, 0.29) is 12.3 Å². The van der Waals surface area contributed by atoms with Crippen molar-refractivity contribution in [2.75, 3.05) is 0 Å². The van der Waals surface area contributed by atoms with Crippen molar-refractivity contribution in [1.82, 2.24) is 10.5 Å². The van der Waals surface area contributed by atoms with E-state index in [9.17, 15) is 9.59 Å². The first-order chi connectivity index (χ1) is 12.4. The predicted octanol–water partition coefficient (Wildman–Crippen LogP) is 2.78. The highest BCUT2D eigenvalue weighted by Gasteiger charge is 2.18. The average molecular weight is 360 g/mol. The molecule has 1 heterocycles. The lowest BCUT2D eigenvalue weighted by Gasteiger charge is -2.13. The summed E-state index contributed by atoms with van der Waals surface area (Å²) in [6.07, 6.45) is 1.22. The lowest BCUT2D eigenvalue weighted by molar-refractivity contribution is -0.141. The first-order valence-electron chi connectivity index (χ1n) is 8.56. The summed E-state index contributed by atoms with van der Waals surface area (Å²) >= 11 is 0. The monoisotopic (exact) mass is 360 g/mol. The summed E-state index contributed by atoms with van der Waals surface area (Å²) in [5, 5.41) is 15.5. The maximum Gasteiger partial charge on any atom is 0.326 e. The maximum absolute atomic E-state index is 12.0. The number of rotatable bonds is 9. The zero-order chi connectivity index (χ0) is 19.1. The number of hydrogen-bond donors (Lipinski definition) is 2. The van der Waals surface area contributed by atoms with E-state index in [1.165, 1.54) is 0 Å². The molecule has 0 saturated heterocycles. The molecular formula is C19H24N2O5. The molecule has 140 valence electrons. The molecule has 2 N–H and O–H groups in total. The fourth-order valence-electron chi connectivity index (χ4n) is 2.54. The third kappa shape index (κ3) is 5.34. The van der Waals surface area contributed by atoms with Crippen LogP contribution in [0.4, 0.5) is 0 Å². The van der Waals surface area contributed by atoms with Crippen LogP contribution in [0.15, 0.2) is 28.8 Å². The van der Waals surface area contributed by atoms with E-state index >= 15 is 0 Å². The molecule has 0 spiro atoms. The summed E-state index contributed by atoms with van der Waals surface area (Å²) in [7, 11) is 0. The quantitative estimate of drug-likeness (QED) is 0.713. The van der Waals surface area contributed by atoms with Gasteiger partial charge in [-0.3, -0.25) is 4.79 Å². The van der Waals surface area contributed by atoms with Gasteiger partial charge in [0, 0.05) is 0 Å². The Balaban J connectivity index is 1.88. The summed E-state index contributed by atoms with van der Waals surface area (Å²) in [6.45, 7) is 5.94. The number of carboxylic acid groups (broad SMARTS) is 1. The molecule has 0 saturated carbocycles. The molecule has 0 radical (unpaired) electrons. The van der Waals surface area contributed by atoms with Gasteiger partial charge in [0.2, 0.25) is 5.91 Å². The zero-order valence-corrected chi connectivity index (χ0v) is 15.2. The highest BCUT2D eigenvalue weighted by Crippen LogP contribution is 2.18. The first kappa shape index (κ1) is 19.5. The highest BCUT2D eigenvalue weighted by molar-refractivity contribution is 5.84. The molecule has 7 nitrogen and oxygen atoms in total. The summed E-state index contributed by atoms with van der Waals surface area (Å²) in [5.41, 5.74) is 2.51. The van der Waals surface area contributed by atoms with E-state index in [1.807, 2.05) is 20.8 Å². The van der Waals surface area contributed by atoms with Crippen molar-refractivity contribution in [3.63, 3.8) is 0 Å². The van der Waals surface area contributed by atoms with Crippen molar-refractivity contribution >= 4 is 11.9 Å². The number of carbonyl (C=O) groups is 2. The molecule has 1 aromatic heterocycles. The fraction of sp³-hybridized carbons (Fsp3) is 0.421.